The van der Waals surface area contributed by atoms with Gasteiger partial charge in [0, 0.05) is 18.1 Å². The fourth-order valence-corrected chi connectivity index (χ4v) is 3.23. The predicted octanol–water partition coefficient (Wildman–Crippen LogP) is 2.13. The first-order valence-electron chi connectivity index (χ1n) is 6.32. The van der Waals surface area contributed by atoms with Crippen molar-refractivity contribution in [3.05, 3.63) is 0 Å². The van der Waals surface area contributed by atoms with Crippen LogP contribution in [0.2, 0.25) is 0 Å². The number of piperidine rings is 2. The molecule has 2 rings (SSSR count). The van der Waals surface area contributed by atoms with E-state index in [1.807, 2.05) is 0 Å². The summed E-state index contributed by atoms with van der Waals surface area (Å²) in [4.78, 5) is 2.76. The summed E-state index contributed by atoms with van der Waals surface area (Å²) >= 11 is 0. The molecule has 82 valence electrons. The Hall–Kier alpha value is -0.0800. The van der Waals surface area contributed by atoms with E-state index in [0.29, 0.717) is 6.04 Å². The smallest absolute Gasteiger partial charge is 0.0113 e. The third-order valence-corrected chi connectivity index (χ3v) is 3.93. The molecule has 2 heteroatoms. The van der Waals surface area contributed by atoms with Crippen LogP contribution in [0, 0.1) is 0 Å². The quantitative estimate of drug-likeness (QED) is 0.749. The number of fused-ring (bicyclic) bond motifs is 2. The van der Waals surface area contributed by atoms with Crippen LogP contribution >= 0.6 is 0 Å². The van der Waals surface area contributed by atoms with Gasteiger partial charge in [-0.2, -0.15) is 0 Å². The summed E-state index contributed by atoms with van der Waals surface area (Å²) in [5, 5.41) is 0. The van der Waals surface area contributed by atoms with Gasteiger partial charge in [-0.05, 0) is 38.6 Å². The minimum atomic E-state index is 0.489. The molecule has 2 heterocycles. The van der Waals surface area contributed by atoms with Crippen LogP contribution in [0.3, 0.4) is 0 Å². The van der Waals surface area contributed by atoms with Crippen LogP contribution in [0.4, 0.5) is 0 Å². The van der Waals surface area contributed by atoms with Crippen molar-refractivity contribution in [1.29, 1.82) is 0 Å². The normalized spacial score (nSPS) is 38.6. The van der Waals surface area contributed by atoms with E-state index < -0.39 is 0 Å². The molecule has 14 heavy (non-hydrogen) atoms. The highest BCUT2D eigenvalue weighted by Gasteiger charge is 2.36. The molecule has 2 saturated heterocycles. The van der Waals surface area contributed by atoms with Crippen molar-refractivity contribution in [2.75, 3.05) is 6.54 Å². The molecule has 2 aliphatic heterocycles. The maximum Gasteiger partial charge on any atom is 0.0113 e. The van der Waals surface area contributed by atoms with Crippen molar-refractivity contribution in [2.45, 2.75) is 70.0 Å². The lowest BCUT2D eigenvalue weighted by Gasteiger charge is -2.48. The molecule has 2 N–H and O–H groups in total. The summed E-state index contributed by atoms with van der Waals surface area (Å²) in [6.45, 7) is 3.60. The van der Waals surface area contributed by atoms with Crippen molar-refractivity contribution < 1.29 is 0 Å². The lowest BCUT2D eigenvalue weighted by atomic mass is 9.82. The number of rotatable bonds is 3. The molecular formula is C12H24N2. The van der Waals surface area contributed by atoms with Crippen molar-refractivity contribution in [3.63, 3.8) is 0 Å². The Labute approximate surface area is 87.8 Å². The van der Waals surface area contributed by atoms with Crippen LogP contribution in [0.15, 0.2) is 0 Å². The number of hydrogen-bond donors (Lipinski definition) is 1. The van der Waals surface area contributed by atoms with Crippen LogP contribution < -0.4 is 5.73 Å². The van der Waals surface area contributed by atoms with Crippen LogP contribution in [-0.2, 0) is 0 Å². The fourth-order valence-electron chi connectivity index (χ4n) is 3.23. The van der Waals surface area contributed by atoms with Gasteiger partial charge in [0.25, 0.3) is 0 Å². The molecule has 0 aromatic carbocycles. The monoisotopic (exact) mass is 196 g/mol. The van der Waals surface area contributed by atoms with Gasteiger partial charge in [-0.3, -0.25) is 4.90 Å². The summed E-state index contributed by atoms with van der Waals surface area (Å²) in [7, 11) is 0. The van der Waals surface area contributed by atoms with Crippen molar-refractivity contribution in [1.82, 2.24) is 4.90 Å². The van der Waals surface area contributed by atoms with Crippen molar-refractivity contribution in [2.24, 2.45) is 5.73 Å². The molecule has 2 nitrogen and oxygen atoms in total. The minimum absolute atomic E-state index is 0.489. The molecule has 2 fully saturated rings. The predicted molar refractivity (Wildman–Crippen MR) is 60.3 cm³/mol. The highest BCUT2D eigenvalue weighted by molar-refractivity contribution is 4.93. The second-order valence-corrected chi connectivity index (χ2v) is 5.06. The lowest BCUT2D eigenvalue weighted by molar-refractivity contribution is 0.0306. The first-order valence-corrected chi connectivity index (χ1v) is 6.32. The first kappa shape index (κ1) is 10.4. The summed E-state index contributed by atoms with van der Waals surface area (Å²) in [6.07, 6.45) is 9.41. The molecule has 0 aromatic rings. The average Bonchev–Trinajstić information content (AvgIpc) is 2.14. The molecule has 0 radical (unpaired) electrons. The Morgan fingerprint density at radius 3 is 2.43 bits per heavy atom. The van der Waals surface area contributed by atoms with Gasteiger partial charge in [0.1, 0.15) is 0 Å². The standard InChI is InChI=1S/C12H24N2/c1-2-3-7-14-11-5-4-6-12(14)9-10(13)8-11/h10-12H,2-9,13H2,1H3. The van der Waals surface area contributed by atoms with Gasteiger partial charge >= 0.3 is 0 Å². The van der Waals surface area contributed by atoms with Gasteiger partial charge in [-0.1, -0.05) is 19.8 Å². The Morgan fingerprint density at radius 2 is 1.86 bits per heavy atom. The summed E-state index contributed by atoms with van der Waals surface area (Å²) in [5.74, 6) is 0. The fraction of sp³-hybridized carbons (Fsp3) is 1.00. The molecule has 0 saturated carbocycles. The van der Waals surface area contributed by atoms with E-state index in [1.165, 1.54) is 51.5 Å². The van der Waals surface area contributed by atoms with E-state index in [4.69, 9.17) is 5.73 Å². The average molecular weight is 196 g/mol. The molecular weight excluding hydrogens is 172 g/mol. The van der Waals surface area contributed by atoms with E-state index in [9.17, 15) is 0 Å². The van der Waals surface area contributed by atoms with Gasteiger partial charge in [0.05, 0.1) is 0 Å². The van der Waals surface area contributed by atoms with Crippen molar-refractivity contribution >= 4 is 0 Å². The third-order valence-electron chi connectivity index (χ3n) is 3.93. The van der Waals surface area contributed by atoms with E-state index in [-0.39, 0.29) is 0 Å². The molecule has 2 bridgehead atoms. The number of unbranched alkanes of at least 4 members (excludes halogenated alkanes) is 1. The van der Waals surface area contributed by atoms with Gasteiger partial charge in [-0.25, -0.2) is 0 Å². The number of hydrogen-bond acceptors (Lipinski definition) is 2. The Kier molecular flexibility index (Phi) is 3.45. The van der Waals surface area contributed by atoms with Crippen molar-refractivity contribution in [3.8, 4) is 0 Å². The maximum atomic E-state index is 6.09. The number of nitrogens with zero attached hydrogens (tertiary/aromatic N) is 1. The SMILES string of the molecule is CCCCN1C2CCCC1CC(N)C2. The van der Waals surface area contributed by atoms with E-state index in [2.05, 4.69) is 11.8 Å². The molecule has 0 aromatic heterocycles. The van der Waals surface area contributed by atoms with E-state index >= 15 is 0 Å². The highest BCUT2D eigenvalue weighted by Crippen LogP contribution is 2.33. The van der Waals surface area contributed by atoms with Gasteiger partial charge in [0.2, 0.25) is 0 Å². The Balaban J connectivity index is 1.94. The lowest BCUT2D eigenvalue weighted by Crippen LogP contribution is -2.55. The minimum Gasteiger partial charge on any atom is -0.328 e. The Bertz CT molecular complexity index is 167. The van der Waals surface area contributed by atoms with Crippen LogP contribution in [0.25, 0.3) is 0 Å². The molecule has 2 unspecified atom stereocenters. The number of nitrogens with two attached hydrogens (primary N) is 1. The molecule has 0 aliphatic carbocycles. The van der Waals surface area contributed by atoms with E-state index in [1.54, 1.807) is 0 Å². The highest BCUT2D eigenvalue weighted by atomic mass is 15.2. The largest absolute Gasteiger partial charge is 0.328 e. The summed E-state index contributed by atoms with van der Waals surface area (Å²) in [6, 6.07) is 2.14. The zero-order valence-electron chi connectivity index (χ0n) is 9.41. The van der Waals surface area contributed by atoms with Gasteiger partial charge in [-0.15, -0.1) is 0 Å². The zero-order chi connectivity index (χ0) is 9.97. The molecule has 0 spiro atoms. The first-order chi connectivity index (χ1) is 6.81. The van der Waals surface area contributed by atoms with E-state index in [0.717, 1.165) is 12.1 Å². The second kappa shape index (κ2) is 4.63. The second-order valence-electron chi connectivity index (χ2n) is 5.06. The topological polar surface area (TPSA) is 29.3 Å². The molecule has 2 aliphatic rings. The zero-order valence-corrected chi connectivity index (χ0v) is 9.41. The van der Waals surface area contributed by atoms with Crippen LogP contribution in [0.1, 0.15) is 51.9 Å². The van der Waals surface area contributed by atoms with Crippen LogP contribution in [0.5, 0.6) is 0 Å². The maximum absolute atomic E-state index is 6.09. The summed E-state index contributed by atoms with van der Waals surface area (Å²) in [5.41, 5.74) is 6.09. The summed E-state index contributed by atoms with van der Waals surface area (Å²) < 4.78 is 0. The molecule has 0 amide bonds. The van der Waals surface area contributed by atoms with Gasteiger partial charge < -0.3 is 5.73 Å². The third kappa shape index (κ3) is 2.12. The van der Waals surface area contributed by atoms with Crippen LogP contribution in [-0.4, -0.2) is 29.6 Å². The van der Waals surface area contributed by atoms with Gasteiger partial charge in [0.15, 0.2) is 0 Å². The Morgan fingerprint density at radius 1 is 1.21 bits per heavy atom. The molecule has 2 atom stereocenters.